The van der Waals surface area contributed by atoms with E-state index in [1.165, 1.54) is 41.3 Å². The standard InChI is InChI=1S/C31H28Cl2FN3O5S/c1-21(31(39)35-18-23-7-8-24(32)17-29(23)33)37(19-22-5-3-2-4-6-22)30(38)20-42-27-13-15-28(16-14-27)43(40,41)36-26-11-9-25(34)10-12-26/h2-17,21,36H,18-20H2,1H3,(H,35,39)/t21-/m0/s1. The first-order valence-electron chi connectivity index (χ1n) is 13.1. The van der Waals surface area contributed by atoms with Crippen LogP contribution < -0.4 is 14.8 Å². The molecule has 4 aromatic rings. The summed E-state index contributed by atoms with van der Waals surface area (Å²) in [5.74, 6) is -1.08. The van der Waals surface area contributed by atoms with Crippen LogP contribution in [0, 0.1) is 5.82 Å². The first-order valence-corrected chi connectivity index (χ1v) is 15.3. The SMILES string of the molecule is C[C@@H](C(=O)NCc1ccc(Cl)cc1Cl)N(Cc1ccccc1)C(=O)COc1ccc(S(=O)(=O)Nc2ccc(F)cc2)cc1. The Bertz CT molecular complexity index is 1670. The van der Waals surface area contributed by atoms with Crippen molar-refractivity contribution in [2.75, 3.05) is 11.3 Å². The Balaban J connectivity index is 1.41. The van der Waals surface area contributed by atoms with Gasteiger partial charge >= 0.3 is 0 Å². The number of hydrogen-bond acceptors (Lipinski definition) is 5. The van der Waals surface area contributed by atoms with Crippen LogP contribution >= 0.6 is 23.2 Å². The number of nitrogens with one attached hydrogen (secondary N) is 2. The van der Waals surface area contributed by atoms with Gasteiger partial charge in [-0.2, -0.15) is 0 Å². The summed E-state index contributed by atoms with van der Waals surface area (Å²) in [6.07, 6.45) is 0. The molecule has 0 bridgehead atoms. The third-order valence-corrected chi connectivity index (χ3v) is 8.41. The zero-order valence-corrected chi connectivity index (χ0v) is 25.3. The van der Waals surface area contributed by atoms with E-state index in [4.69, 9.17) is 27.9 Å². The van der Waals surface area contributed by atoms with E-state index in [0.717, 1.165) is 17.7 Å². The topological polar surface area (TPSA) is 105 Å². The fraction of sp³-hybridized carbons (Fsp3) is 0.161. The Morgan fingerprint density at radius 1 is 0.930 bits per heavy atom. The van der Waals surface area contributed by atoms with E-state index in [2.05, 4.69) is 10.0 Å². The molecule has 12 heteroatoms. The summed E-state index contributed by atoms with van der Waals surface area (Å²) >= 11 is 12.2. The molecule has 0 aliphatic heterocycles. The van der Waals surface area contributed by atoms with Crippen molar-refractivity contribution in [3.05, 3.63) is 124 Å². The number of rotatable bonds is 12. The third kappa shape index (κ3) is 8.93. The molecular formula is C31H28Cl2FN3O5S. The second-order valence-electron chi connectivity index (χ2n) is 9.51. The van der Waals surface area contributed by atoms with E-state index in [0.29, 0.717) is 15.6 Å². The lowest BCUT2D eigenvalue weighted by Gasteiger charge is -2.29. The fourth-order valence-corrected chi connectivity index (χ4v) is 5.57. The summed E-state index contributed by atoms with van der Waals surface area (Å²) < 4.78 is 46.5. The van der Waals surface area contributed by atoms with E-state index in [-0.39, 0.29) is 29.4 Å². The van der Waals surface area contributed by atoms with Crippen molar-refractivity contribution < 1.29 is 27.1 Å². The average Bonchev–Trinajstić information content (AvgIpc) is 2.99. The predicted octanol–water partition coefficient (Wildman–Crippen LogP) is 6.05. The molecule has 0 radical (unpaired) electrons. The van der Waals surface area contributed by atoms with Crippen LogP contribution in [0.1, 0.15) is 18.1 Å². The summed E-state index contributed by atoms with van der Waals surface area (Å²) in [5, 5.41) is 3.70. The minimum atomic E-state index is -3.94. The molecule has 2 N–H and O–H groups in total. The van der Waals surface area contributed by atoms with Gasteiger partial charge < -0.3 is 15.0 Å². The molecule has 0 saturated heterocycles. The number of benzene rings is 4. The van der Waals surface area contributed by atoms with Gasteiger partial charge in [0.2, 0.25) is 5.91 Å². The number of carbonyl (C=O) groups is 2. The van der Waals surface area contributed by atoms with Gasteiger partial charge in [0.25, 0.3) is 15.9 Å². The lowest BCUT2D eigenvalue weighted by Crippen LogP contribution is -2.48. The van der Waals surface area contributed by atoms with Gasteiger partial charge in [-0.25, -0.2) is 12.8 Å². The van der Waals surface area contributed by atoms with E-state index in [9.17, 15) is 22.4 Å². The van der Waals surface area contributed by atoms with Crippen LogP contribution in [0.3, 0.4) is 0 Å². The van der Waals surface area contributed by atoms with Gasteiger partial charge in [0.1, 0.15) is 17.6 Å². The number of hydrogen-bond donors (Lipinski definition) is 2. The second-order valence-corrected chi connectivity index (χ2v) is 12.0. The van der Waals surface area contributed by atoms with Crippen LogP contribution in [0.2, 0.25) is 10.0 Å². The first-order chi connectivity index (χ1) is 20.5. The molecule has 0 aliphatic carbocycles. The highest BCUT2D eigenvalue weighted by Gasteiger charge is 2.27. The summed E-state index contributed by atoms with van der Waals surface area (Å²) in [4.78, 5) is 27.8. The average molecular weight is 645 g/mol. The normalized spacial score (nSPS) is 11.8. The lowest BCUT2D eigenvalue weighted by molar-refractivity contribution is -0.142. The van der Waals surface area contributed by atoms with E-state index < -0.39 is 40.3 Å². The number of anilines is 1. The number of nitrogens with zero attached hydrogens (tertiary/aromatic N) is 1. The second kappa shape index (κ2) is 14.4. The minimum absolute atomic E-state index is 0.0488. The van der Waals surface area contributed by atoms with Crippen molar-refractivity contribution in [1.82, 2.24) is 10.2 Å². The maximum atomic E-state index is 13.3. The quantitative estimate of drug-likeness (QED) is 0.196. The molecule has 0 unspecified atom stereocenters. The molecule has 224 valence electrons. The van der Waals surface area contributed by atoms with Gasteiger partial charge in [0.05, 0.1) is 4.90 Å². The Hall–Kier alpha value is -4.12. The van der Waals surface area contributed by atoms with E-state index in [1.807, 2.05) is 30.3 Å². The highest BCUT2D eigenvalue weighted by molar-refractivity contribution is 7.92. The Kier molecular flexibility index (Phi) is 10.6. The zero-order valence-electron chi connectivity index (χ0n) is 23.0. The van der Waals surface area contributed by atoms with Crippen molar-refractivity contribution in [1.29, 1.82) is 0 Å². The number of sulfonamides is 1. The maximum absolute atomic E-state index is 13.3. The van der Waals surface area contributed by atoms with Gasteiger partial charge in [0, 0.05) is 28.8 Å². The molecule has 1 atom stereocenters. The van der Waals surface area contributed by atoms with Crippen LogP contribution in [0.15, 0.2) is 102 Å². The largest absolute Gasteiger partial charge is 0.484 e. The minimum Gasteiger partial charge on any atom is -0.484 e. The highest BCUT2D eigenvalue weighted by atomic mass is 35.5. The van der Waals surface area contributed by atoms with Gasteiger partial charge in [-0.1, -0.05) is 59.6 Å². The van der Waals surface area contributed by atoms with Crippen molar-refractivity contribution in [2.45, 2.75) is 31.0 Å². The Morgan fingerprint density at radius 3 is 2.26 bits per heavy atom. The van der Waals surface area contributed by atoms with Gasteiger partial charge in [0.15, 0.2) is 6.61 Å². The highest BCUT2D eigenvalue weighted by Crippen LogP contribution is 2.22. The molecule has 0 aliphatic rings. The van der Waals surface area contributed by atoms with Crippen LogP contribution in [0.25, 0.3) is 0 Å². The predicted molar refractivity (Wildman–Crippen MR) is 164 cm³/mol. The summed E-state index contributed by atoms with van der Waals surface area (Å²) in [7, 11) is -3.94. The number of amides is 2. The van der Waals surface area contributed by atoms with Crippen molar-refractivity contribution in [3.63, 3.8) is 0 Å². The molecule has 0 aromatic heterocycles. The summed E-state index contributed by atoms with van der Waals surface area (Å²) in [5.41, 5.74) is 1.70. The molecule has 2 amide bonds. The number of halogens is 3. The zero-order chi connectivity index (χ0) is 31.0. The molecule has 0 fully saturated rings. The lowest BCUT2D eigenvalue weighted by atomic mass is 10.1. The van der Waals surface area contributed by atoms with Crippen molar-refractivity contribution in [2.24, 2.45) is 0 Å². The summed E-state index contributed by atoms with van der Waals surface area (Å²) in [6, 6.07) is 23.7. The fourth-order valence-electron chi connectivity index (χ4n) is 4.03. The maximum Gasteiger partial charge on any atom is 0.261 e. The molecule has 0 heterocycles. The van der Waals surface area contributed by atoms with E-state index in [1.54, 1.807) is 25.1 Å². The molecule has 8 nitrogen and oxygen atoms in total. The van der Waals surface area contributed by atoms with Gasteiger partial charge in [-0.15, -0.1) is 0 Å². The van der Waals surface area contributed by atoms with E-state index >= 15 is 0 Å². The first kappa shape index (κ1) is 31.8. The molecule has 4 rings (SSSR count). The number of ether oxygens (including phenoxy) is 1. The van der Waals surface area contributed by atoms with Crippen LogP contribution in [0.4, 0.5) is 10.1 Å². The monoisotopic (exact) mass is 643 g/mol. The van der Waals surface area contributed by atoms with Crippen LogP contribution in [-0.2, 0) is 32.7 Å². The van der Waals surface area contributed by atoms with Gasteiger partial charge in [-0.05, 0) is 78.7 Å². The van der Waals surface area contributed by atoms with Crippen molar-refractivity contribution >= 4 is 50.7 Å². The molecule has 43 heavy (non-hydrogen) atoms. The molecule has 0 spiro atoms. The molecule has 0 saturated carbocycles. The Morgan fingerprint density at radius 2 is 1.60 bits per heavy atom. The summed E-state index contributed by atoms with van der Waals surface area (Å²) in [6.45, 7) is 1.53. The number of carbonyl (C=O) groups excluding carboxylic acids is 2. The van der Waals surface area contributed by atoms with Crippen LogP contribution in [0.5, 0.6) is 5.75 Å². The van der Waals surface area contributed by atoms with Crippen LogP contribution in [-0.4, -0.2) is 37.8 Å². The van der Waals surface area contributed by atoms with Gasteiger partial charge in [-0.3, -0.25) is 14.3 Å². The molecular weight excluding hydrogens is 616 g/mol. The molecule has 4 aromatic carbocycles. The Labute approximate surface area is 259 Å². The van der Waals surface area contributed by atoms with Crippen molar-refractivity contribution in [3.8, 4) is 5.75 Å². The smallest absolute Gasteiger partial charge is 0.261 e. The third-order valence-electron chi connectivity index (χ3n) is 6.42.